The lowest BCUT2D eigenvalue weighted by Gasteiger charge is -1.83. The minimum Gasteiger partial charge on any atom is -0.0772 e. The molecule has 7 heavy (non-hydrogen) atoms. The van der Waals surface area contributed by atoms with Crippen LogP contribution < -0.4 is 0 Å². The molecule has 3 atom stereocenters. The molecule has 0 heterocycles. The highest BCUT2D eigenvalue weighted by atomic mass is 14.6. The molecule has 0 heteroatoms. The summed E-state index contributed by atoms with van der Waals surface area (Å²) < 4.78 is 0. The second kappa shape index (κ2) is 0.594. The molecule has 3 aliphatic carbocycles. The highest BCUT2D eigenvalue weighted by molar-refractivity contribution is 5.41. The fourth-order valence-corrected chi connectivity index (χ4v) is 2.03. The SMILES string of the molecule is C1=C2C1CC1CC21. The molecule has 3 unspecified atom stereocenters. The first-order valence-corrected chi connectivity index (χ1v) is 3.17. The van der Waals surface area contributed by atoms with Gasteiger partial charge in [0.15, 0.2) is 0 Å². The van der Waals surface area contributed by atoms with Crippen LogP contribution in [0.4, 0.5) is 0 Å². The zero-order chi connectivity index (χ0) is 4.43. The predicted molar refractivity (Wildman–Crippen MR) is 27.8 cm³/mol. The monoisotopic (exact) mass is 92.1 g/mol. The molecule has 0 radical (unpaired) electrons. The molecule has 0 bridgehead atoms. The maximum Gasteiger partial charge on any atom is -0.00143 e. The van der Waals surface area contributed by atoms with Crippen LogP contribution in [0.5, 0.6) is 0 Å². The molecular formula is C7H8. The van der Waals surface area contributed by atoms with Gasteiger partial charge >= 0.3 is 0 Å². The molecule has 2 saturated carbocycles. The van der Waals surface area contributed by atoms with Crippen LogP contribution in [-0.2, 0) is 0 Å². The van der Waals surface area contributed by atoms with Crippen LogP contribution in [0.15, 0.2) is 11.6 Å². The van der Waals surface area contributed by atoms with Crippen molar-refractivity contribution in [3.05, 3.63) is 11.6 Å². The van der Waals surface area contributed by atoms with Crippen LogP contribution in [0.3, 0.4) is 0 Å². The van der Waals surface area contributed by atoms with Gasteiger partial charge in [0.2, 0.25) is 0 Å². The Balaban J connectivity index is 2.13. The van der Waals surface area contributed by atoms with Crippen LogP contribution in [0.2, 0.25) is 0 Å². The van der Waals surface area contributed by atoms with Crippen LogP contribution in [-0.4, -0.2) is 0 Å². The van der Waals surface area contributed by atoms with E-state index in [0.29, 0.717) is 0 Å². The Morgan fingerprint density at radius 3 is 2.86 bits per heavy atom. The minimum atomic E-state index is 1.03. The van der Waals surface area contributed by atoms with E-state index in [1.54, 1.807) is 6.42 Å². The van der Waals surface area contributed by atoms with E-state index < -0.39 is 0 Å². The summed E-state index contributed by atoms with van der Waals surface area (Å²) in [5, 5.41) is 0. The normalized spacial score (nSPS) is 60.6. The number of allylic oxidation sites excluding steroid dienone is 2. The lowest BCUT2D eigenvalue weighted by atomic mass is 10.2. The van der Waals surface area contributed by atoms with E-state index in [1.165, 1.54) is 12.3 Å². The summed E-state index contributed by atoms with van der Waals surface area (Å²) in [7, 11) is 0. The molecule has 3 rings (SSSR count). The van der Waals surface area contributed by atoms with Crippen LogP contribution in [0.1, 0.15) is 12.8 Å². The average Bonchev–Trinajstić information content (AvgIpc) is 2.47. The number of hydrogen-bond donors (Lipinski definition) is 0. The van der Waals surface area contributed by atoms with Crippen LogP contribution in [0, 0.1) is 17.8 Å². The van der Waals surface area contributed by atoms with Crippen molar-refractivity contribution in [3.8, 4) is 0 Å². The third-order valence-electron chi connectivity index (χ3n) is 2.62. The van der Waals surface area contributed by atoms with Crippen molar-refractivity contribution in [1.29, 1.82) is 0 Å². The van der Waals surface area contributed by atoms with E-state index in [1.807, 2.05) is 5.57 Å². The van der Waals surface area contributed by atoms with Gasteiger partial charge in [-0.05, 0) is 30.6 Å². The van der Waals surface area contributed by atoms with Crippen molar-refractivity contribution in [1.82, 2.24) is 0 Å². The summed E-state index contributed by atoms with van der Waals surface area (Å²) in [6.07, 6.45) is 5.52. The van der Waals surface area contributed by atoms with E-state index in [4.69, 9.17) is 0 Å². The molecule has 0 amide bonds. The molecular weight excluding hydrogens is 84.1 g/mol. The van der Waals surface area contributed by atoms with E-state index in [-0.39, 0.29) is 0 Å². The van der Waals surface area contributed by atoms with Gasteiger partial charge in [-0.25, -0.2) is 0 Å². The van der Waals surface area contributed by atoms with Gasteiger partial charge < -0.3 is 0 Å². The number of hydrogen-bond acceptors (Lipinski definition) is 0. The van der Waals surface area contributed by atoms with Crippen LogP contribution in [0.25, 0.3) is 0 Å². The van der Waals surface area contributed by atoms with Crippen molar-refractivity contribution in [3.63, 3.8) is 0 Å². The summed E-state index contributed by atoms with van der Waals surface area (Å²) in [4.78, 5) is 0. The van der Waals surface area contributed by atoms with E-state index in [9.17, 15) is 0 Å². The summed E-state index contributed by atoms with van der Waals surface area (Å²) >= 11 is 0. The minimum absolute atomic E-state index is 1.03. The predicted octanol–water partition coefficient (Wildman–Crippen LogP) is 1.58. The van der Waals surface area contributed by atoms with Crippen molar-refractivity contribution in [2.45, 2.75) is 12.8 Å². The Hall–Kier alpha value is -0.260. The van der Waals surface area contributed by atoms with Gasteiger partial charge in [0.05, 0.1) is 0 Å². The highest BCUT2D eigenvalue weighted by Gasteiger charge is 2.54. The molecule has 2 fully saturated rings. The van der Waals surface area contributed by atoms with E-state index >= 15 is 0 Å². The van der Waals surface area contributed by atoms with Gasteiger partial charge in [-0.15, -0.1) is 0 Å². The van der Waals surface area contributed by atoms with Crippen molar-refractivity contribution >= 4 is 0 Å². The zero-order valence-electron chi connectivity index (χ0n) is 4.22. The number of rotatable bonds is 0. The zero-order valence-corrected chi connectivity index (χ0v) is 4.22. The Morgan fingerprint density at radius 2 is 2.43 bits per heavy atom. The Kier molecular flexibility index (Phi) is 0.247. The third kappa shape index (κ3) is 0.206. The molecule has 0 aromatic rings. The first-order valence-electron chi connectivity index (χ1n) is 3.17. The topological polar surface area (TPSA) is 0 Å². The van der Waals surface area contributed by atoms with Gasteiger partial charge in [0.1, 0.15) is 0 Å². The van der Waals surface area contributed by atoms with E-state index in [0.717, 1.165) is 11.8 Å². The summed E-state index contributed by atoms with van der Waals surface area (Å²) in [5.41, 5.74) is 1.82. The first kappa shape index (κ1) is 2.91. The molecule has 36 valence electrons. The standard InChI is InChI=1S/C7H8/c1-4-2-6(4)7-3-5(1)7/h2,4-5,7H,1,3H2. The molecule has 0 aromatic heterocycles. The second-order valence-electron chi connectivity index (χ2n) is 3.11. The largest absolute Gasteiger partial charge is 0.0772 e. The lowest BCUT2D eigenvalue weighted by molar-refractivity contribution is 0.723. The molecule has 0 aliphatic heterocycles. The Morgan fingerprint density at radius 1 is 1.43 bits per heavy atom. The number of fused-ring (bicyclic) bond motifs is 3. The highest BCUT2D eigenvalue weighted by Crippen LogP contribution is 2.64. The van der Waals surface area contributed by atoms with Crippen molar-refractivity contribution in [2.75, 3.05) is 0 Å². The third-order valence-corrected chi connectivity index (χ3v) is 2.62. The summed E-state index contributed by atoms with van der Waals surface area (Å²) in [5.74, 6) is 3.32. The molecule has 0 aromatic carbocycles. The summed E-state index contributed by atoms with van der Waals surface area (Å²) in [6.45, 7) is 0. The lowest BCUT2D eigenvalue weighted by Crippen LogP contribution is -1.73. The Labute approximate surface area is 43.2 Å². The molecule has 0 nitrogen and oxygen atoms in total. The average molecular weight is 92.1 g/mol. The molecule has 0 N–H and O–H groups in total. The molecule has 0 spiro atoms. The quantitative estimate of drug-likeness (QED) is 0.398. The fraction of sp³-hybridized carbons (Fsp3) is 0.714. The van der Waals surface area contributed by atoms with Gasteiger partial charge in [0.25, 0.3) is 0 Å². The maximum atomic E-state index is 2.45. The van der Waals surface area contributed by atoms with Gasteiger partial charge in [-0.3, -0.25) is 0 Å². The van der Waals surface area contributed by atoms with Crippen molar-refractivity contribution < 1.29 is 0 Å². The maximum absolute atomic E-state index is 2.45. The van der Waals surface area contributed by atoms with Crippen molar-refractivity contribution in [2.24, 2.45) is 17.8 Å². The summed E-state index contributed by atoms with van der Waals surface area (Å²) in [6, 6.07) is 0. The second-order valence-corrected chi connectivity index (χ2v) is 3.11. The Bertz CT molecular complexity index is 155. The van der Waals surface area contributed by atoms with E-state index in [2.05, 4.69) is 6.08 Å². The molecule has 0 saturated heterocycles. The fourth-order valence-electron chi connectivity index (χ4n) is 2.03. The van der Waals surface area contributed by atoms with Crippen LogP contribution >= 0.6 is 0 Å². The van der Waals surface area contributed by atoms with Gasteiger partial charge in [0, 0.05) is 0 Å². The smallest absolute Gasteiger partial charge is 0.00143 e. The molecule has 3 aliphatic rings. The van der Waals surface area contributed by atoms with Gasteiger partial charge in [-0.2, -0.15) is 0 Å². The first-order chi connectivity index (χ1) is 3.45. The van der Waals surface area contributed by atoms with Gasteiger partial charge in [-0.1, -0.05) is 11.6 Å².